The summed E-state index contributed by atoms with van der Waals surface area (Å²) in [5, 5.41) is 8.83. The predicted molar refractivity (Wildman–Crippen MR) is 65.7 cm³/mol. The number of aryl methyl sites for hydroxylation is 1. The number of rotatable bonds is 4. The molecule has 2 amide bonds. The molecule has 1 aromatic rings. The number of nitrogens with zero attached hydrogens (tertiary/aromatic N) is 3. The van der Waals surface area contributed by atoms with E-state index in [1.54, 1.807) is 0 Å². The van der Waals surface area contributed by atoms with Gasteiger partial charge in [-0.15, -0.1) is 10.2 Å². The molecule has 1 fully saturated rings. The number of amides is 2. The van der Waals surface area contributed by atoms with Crippen molar-refractivity contribution < 1.29 is 9.59 Å². The van der Waals surface area contributed by atoms with E-state index in [2.05, 4.69) is 25.6 Å². The van der Waals surface area contributed by atoms with Crippen LogP contribution in [-0.2, 0) is 9.59 Å². The number of hydrogen-bond donors (Lipinski definition) is 2. The summed E-state index contributed by atoms with van der Waals surface area (Å²) in [7, 11) is 0. The van der Waals surface area contributed by atoms with Crippen LogP contribution in [0.4, 0.5) is 0 Å². The fourth-order valence-electron chi connectivity index (χ4n) is 1.53. The normalized spacial score (nSPS) is 14.3. The molecule has 0 atom stereocenters. The highest BCUT2D eigenvalue weighted by atomic mass is 32.2. The largest absolute Gasteiger partial charge is 0.303 e. The fourth-order valence-corrected chi connectivity index (χ4v) is 2.38. The average Bonchev–Trinajstić information content (AvgIpc) is 3.08. The van der Waals surface area contributed by atoms with Gasteiger partial charge in [-0.05, 0) is 19.8 Å². The Morgan fingerprint density at radius 1 is 1.39 bits per heavy atom. The van der Waals surface area contributed by atoms with E-state index in [1.165, 1.54) is 18.7 Å². The SMILES string of the molecule is CC(=O)NNC(=O)CSc1nnc(C)n1C1CC1. The first-order chi connectivity index (χ1) is 8.58. The summed E-state index contributed by atoms with van der Waals surface area (Å²) in [4.78, 5) is 22.0. The Hall–Kier alpha value is -1.57. The maximum atomic E-state index is 11.4. The van der Waals surface area contributed by atoms with Crippen molar-refractivity contribution in [1.82, 2.24) is 25.6 Å². The summed E-state index contributed by atoms with van der Waals surface area (Å²) in [6, 6.07) is 0.487. The maximum absolute atomic E-state index is 11.4. The first-order valence-electron chi connectivity index (χ1n) is 5.67. The molecule has 1 saturated carbocycles. The minimum absolute atomic E-state index is 0.200. The van der Waals surface area contributed by atoms with Gasteiger partial charge in [0.15, 0.2) is 5.16 Å². The highest BCUT2D eigenvalue weighted by Gasteiger charge is 2.28. The van der Waals surface area contributed by atoms with Crippen LogP contribution in [0.2, 0.25) is 0 Å². The van der Waals surface area contributed by atoms with Crippen LogP contribution in [0.5, 0.6) is 0 Å². The van der Waals surface area contributed by atoms with E-state index in [4.69, 9.17) is 0 Å². The molecule has 8 heteroatoms. The van der Waals surface area contributed by atoms with Crippen molar-refractivity contribution in [3.63, 3.8) is 0 Å². The maximum Gasteiger partial charge on any atom is 0.248 e. The summed E-state index contributed by atoms with van der Waals surface area (Å²) in [5.74, 6) is 0.510. The predicted octanol–water partition coefficient (Wildman–Crippen LogP) is 0.181. The Balaban J connectivity index is 1.86. The van der Waals surface area contributed by atoms with Crippen molar-refractivity contribution in [1.29, 1.82) is 0 Å². The lowest BCUT2D eigenvalue weighted by Crippen LogP contribution is -2.41. The zero-order valence-corrected chi connectivity index (χ0v) is 11.1. The molecule has 0 bridgehead atoms. The van der Waals surface area contributed by atoms with Crippen LogP contribution in [0.1, 0.15) is 31.6 Å². The van der Waals surface area contributed by atoms with Crippen LogP contribution >= 0.6 is 11.8 Å². The van der Waals surface area contributed by atoms with Crippen LogP contribution in [0.15, 0.2) is 5.16 Å². The molecule has 0 radical (unpaired) electrons. The summed E-state index contributed by atoms with van der Waals surface area (Å²) in [5.41, 5.74) is 4.55. The number of aromatic nitrogens is 3. The monoisotopic (exact) mass is 269 g/mol. The molecule has 7 nitrogen and oxygen atoms in total. The number of hydrazine groups is 1. The number of thioether (sulfide) groups is 1. The van der Waals surface area contributed by atoms with Crippen LogP contribution in [-0.4, -0.2) is 32.3 Å². The van der Waals surface area contributed by atoms with Gasteiger partial charge in [0.1, 0.15) is 5.82 Å². The molecule has 1 aliphatic rings. The Morgan fingerprint density at radius 2 is 2.11 bits per heavy atom. The minimum atomic E-state index is -0.301. The lowest BCUT2D eigenvalue weighted by Gasteiger charge is -2.06. The molecule has 0 aromatic carbocycles. The van der Waals surface area contributed by atoms with Crippen molar-refractivity contribution >= 4 is 23.6 Å². The van der Waals surface area contributed by atoms with Crippen LogP contribution in [0.3, 0.4) is 0 Å². The second-order valence-electron chi connectivity index (χ2n) is 4.15. The van der Waals surface area contributed by atoms with Crippen molar-refractivity contribution in [3.8, 4) is 0 Å². The van der Waals surface area contributed by atoms with Crippen molar-refractivity contribution in [2.75, 3.05) is 5.75 Å². The number of hydrogen-bond acceptors (Lipinski definition) is 5. The Morgan fingerprint density at radius 3 is 2.72 bits per heavy atom. The zero-order valence-electron chi connectivity index (χ0n) is 10.3. The highest BCUT2D eigenvalue weighted by molar-refractivity contribution is 7.99. The standard InChI is InChI=1S/C10H15N5O2S/c1-6-11-14-10(15(6)8-3-4-8)18-5-9(17)13-12-7(2)16/h8H,3-5H2,1-2H3,(H,12,16)(H,13,17). The van der Waals surface area contributed by atoms with Gasteiger partial charge in [-0.2, -0.15) is 0 Å². The van der Waals surface area contributed by atoms with Gasteiger partial charge in [-0.25, -0.2) is 0 Å². The van der Waals surface area contributed by atoms with E-state index < -0.39 is 0 Å². The number of carbonyl (C=O) groups excluding carboxylic acids is 2. The van der Waals surface area contributed by atoms with Gasteiger partial charge in [0.05, 0.1) is 5.75 Å². The number of carbonyl (C=O) groups is 2. The average molecular weight is 269 g/mol. The second kappa shape index (κ2) is 5.38. The van der Waals surface area contributed by atoms with Gasteiger partial charge in [0.2, 0.25) is 11.8 Å². The molecule has 98 valence electrons. The van der Waals surface area contributed by atoms with Gasteiger partial charge in [0.25, 0.3) is 0 Å². The Labute approximate surface area is 109 Å². The molecule has 0 saturated heterocycles. The summed E-state index contributed by atoms with van der Waals surface area (Å²) in [6.07, 6.45) is 2.29. The quantitative estimate of drug-likeness (QED) is 0.601. The van der Waals surface area contributed by atoms with E-state index in [0.717, 1.165) is 23.8 Å². The van der Waals surface area contributed by atoms with E-state index >= 15 is 0 Å². The third-order valence-electron chi connectivity index (χ3n) is 2.46. The molecule has 0 spiro atoms. The molecule has 1 heterocycles. The van der Waals surface area contributed by atoms with Crippen molar-refractivity contribution in [2.45, 2.75) is 37.9 Å². The molecule has 2 rings (SSSR count). The van der Waals surface area contributed by atoms with Gasteiger partial charge >= 0.3 is 0 Å². The zero-order chi connectivity index (χ0) is 13.1. The molecule has 2 N–H and O–H groups in total. The van der Waals surface area contributed by atoms with E-state index in [1.807, 2.05) is 6.92 Å². The van der Waals surface area contributed by atoms with Gasteiger partial charge in [-0.3, -0.25) is 20.4 Å². The van der Waals surface area contributed by atoms with Crippen LogP contribution < -0.4 is 10.9 Å². The second-order valence-corrected chi connectivity index (χ2v) is 5.09. The smallest absolute Gasteiger partial charge is 0.248 e. The summed E-state index contributed by atoms with van der Waals surface area (Å²) >= 11 is 1.32. The fraction of sp³-hybridized carbons (Fsp3) is 0.600. The van der Waals surface area contributed by atoms with Crippen LogP contribution in [0, 0.1) is 6.92 Å². The van der Waals surface area contributed by atoms with Crippen LogP contribution in [0.25, 0.3) is 0 Å². The minimum Gasteiger partial charge on any atom is -0.303 e. The lowest BCUT2D eigenvalue weighted by molar-refractivity contribution is -0.126. The highest BCUT2D eigenvalue weighted by Crippen LogP contribution is 2.38. The third-order valence-corrected chi connectivity index (χ3v) is 3.40. The molecule has 1 aliphatic carbocycles. The lowest BCUT2D eigenvalue weighted by atomic mass is 10.6. The topological polar surface area (TPSA) is 88.9 Å². The van der Waals surface area contributed by atoms with Gasteiger partial charge in [-0.1, -0.05) is 11.8 Å². The first kappa shape index (κ1) is 12.9. The van der Waals surface area contributed by atoms with Crippen molar-refractivity contribution in [3.05, 3.63) is 5.82 Å². The van der Waals surface area contributed by atoms with E-state index in [-0.39, 0.29) is 17.6 Å². The summed E-state index contributed by atoms with van der Waals surface area (Å²) < 4.78 is 2.07. The first-order valence-corrected chi connectivity index (χ1v) is 6.66. The number of nitrogens with one attached hydrogen (secondary N) is 2. The molecule has 18 heavy (non-hydrogen) atoms. The Bertz CT molecular complexity index is 469. The van der Waals surface area contributed by atoms with E-state index in [0.29, 0.717) is 6.04 Å². The molecular formula is C10H15N5O2S. The third kappa shape index (κ3) is 3.22. The van der Waals surface area contributed by atoms with Crippen molar-refractivity contribution in [2.24, 2.45) is 0 Å². The van der Waals surface area contributed by atoms with E-state index in [9.17, 15) is 9.59 Å². The molecular weight excluding hydrogens is 254 g/mol. The molecule has 1 aromatic heterocycles. The molecule has 0 aliphatic heterocycles. The molecule has 0 unspecified atom stereocenters. The van der Waals surface area contributed by atoms with Gasteiger partial charge < -0.3 is 4.57 Å². The summed E-state index contributed by atoms with van der Waals surface area (Å²) in [6.45, 7) is 3.24. The Kier molecular flexibility index (Phi) is 3.85. The van der Waals surface area contributed by atoms with Gasteiger partial charge in [0, 0.05) is 13.0 Å².